The summed E-state index contributed by atoms with van der Waals surface area (Å²) in [4.78, 5) is 7.34. The van der Waals surface area contributed by atoms with E-state index >= 15 is 0 Å². The highest BCUT2D eigenvalue weighted by Crippen LogP contribution is 2.19. The fraction of sp³-hybridized carbons (Fsp3) is 0.269. The molecule has 1 aliphatic rings. The highest BCUT2D eigenvalue weighted by molar-refractivity contribution is 5.95. The van der Waals surface area contributed by atoms with E-state index in [-0.39, 0.29) is 0 Å². The number of hydrogen-bond acceptors (Lipinski definition) is 3. The van der Waals surface area contributed by atoms with Crippen LogP contribution in [-0.2, 0) is 12.8 Å². The van der Waals surface area contributed by atoms with Crippen molar-refractivity contribution < 1.29 is 0 Å². The van der Waals surface area contributed by atoms with Crippen molar-refractivity contribution in [3.63, 3.8) is 0 Å². The van der Waals surface area contributed by atoms with Crippen LogP contribution in [0.1, 0.15) is 24.0 Å². The molecular weight excluding hydrogens is 354 g/mol. The van der Waals surface area contributed by atoms with Crippen LogP contribution in [0.25, 0.3) is 0 Å². The van der Waals surface area contributed by atoms with E-state index in [1.807, 2.05) is 6.07 Å². The number of unbranched alkanes of at least 4 members (excludes halogenated alkanes) is 1. The zero-order valence-corrected chi connectivity index (χ0v) is 16.9. The number of nitrogens with zero attached hydrogens (tertiary/aromatic N) is 2. The van der Waals surface area contributed by atoms with Crippen LogP contribution < -0.4 is 5.32 Å². The number of benzene rings is 3. The van der Waals surface area contributed by atoms with Gasteiger partial charge in [0.15, 0.2) is 5.96 Å². The van der Waals surface area contributed by atoms with Crippen LogP contribution in [0.4, 0.5) is 5.69 Å². The van der Waals surface area contributed by atoms with Gasteiger partial charge in [-0.2, -0.15) is 0 Å². The van der Waals surface area contributed by atoms with Gasteiger partial charge in [0.25, 0.3) is 0 Å². The third-order valence-electron chi connectivity index (χ3n) is 5.47. The largest absolute Gasteiger partial charge is 0.338 e. The number of guanidine groups is 1. The van der Waals surface area contributed by atoms with Crippen LogP contribution in [0.15, 0.2) is 96.0 Å². The molecule has 0 radical (unpaired) electrons. The molecule has 3 heteroatoms. The Morgan fingerprint density at radius 2 is 1.38 bits per heavy atom. The van der Waals surface area contributed by atoms with Gasteiger partial charge in [-0.05, 0) is 48.9 Å². The minimum absolute atomic E-state index is 0.417. The number of rotatable bonds is 8. The molecule has 3 aromatic rings. The van der Waals surface area contributed by atoms with E-state index in [2.05, 4.69) is 95.1 Å². The molecule has 3 aromatic carbocycles. The van der Waals surface area contributed by atoms with Crippen molar-refractivity contribution >= 4 is 11.6 Å². The highest BCUT2D eigenvalue weighted by Gasteiger charge is 2.27. The van der Waals surface area contributed by atoms with Crippen molar-refractivity contribution in [2.24, 2.45) is 4.99 Å². The molecule has 1 N–H and O–H groups in total. The molecule has 1 atom stereocenters. The maximum absolute atomic E-state index is 4.86. The summed E-state index contributed by atoms with van der Waals surface area (Å²) in [6.45, 7) is 1.88. The first-order chi connectivity index (χ1) is 14.4. The van der Waals surface area contributed by atoms with Gasteiger partial charge in [-0.3, -0.25) is 4.99 Å². The highest BCUT2D eigenvalue weighted by atomic mass is 15.4. The zero-order valence-electron chi connectivity index (χ0n) is 16.9. The van der Waals surface area contributed by atoms with Crippen LogP contribution in [0.5, 0.6) is 0 Å². The normalized spacial score (nSPS) is 15.9. The lowest BCUT2D eigenvalue weighted by atomic mass is 10.0. The lowest BCUT2D eigenvalue weighted by molar-refractivity contribution is 0.332. The Morgan fingerprint density at radius 1 is 0.759 bits per heavy atom. The van der Waals surface area contributed by atoms with Gasteiger partial charge in [0, 0.05) is 12.2 Å². The Kier molecular flexibility index (Phi) is 6.59. The van der Waals surface area contributed by atoms with Crippen LogP contribution in [0, 0.1) is 0 Å². The van der Waals surface area contributed by atoms with Gasteiger partial charge in [-0.15, -0.1) is 0 Å². The van der Waals surface area contributed by atoms with Crippen molar-refractivity contribution in [2.75, 3.05) is 18.4 Å². The molecule has 1 heterocycles. The smallest absolute Gasteiger partial charge is 0.198 e. The molecule has 0 spiro atoms. The van der Waals surface area contributed by atoms with E-state index in [9.17, 15) is 0 Å². The molecule has 0 aliphatic carbocycles. The minimum Gasteiger partial charge on any atom is -0.338 e. The molecule has 148 valence electrons. The third-order valence-corrected chi connectivity index (χ3v) is 5.47. The van der Waals surface area contributed by atoms with Gasteiger partial charge >= 0.3 is 0 Å². The number of para-hydroxylation sites is 1. The third kappa shape index (κ3) is 5.47. The second kappa shape index (κ2) is 9.92. The maximum Gasteiger partial charge on any atom is 0.198 e. The minimum atomic E-state index is 0.417. The predicted octanol–water partition coefficient (Wildman–Crippen LogP) is 5.40. The van der Waals surface area contributed by atoms with Crippen molar-refractivity contribution in [3.05, 3.63) is 102 Å². The topological polar surface area (TPSA) is 27.6 Å². The van der Waals surface area contributed by atoms with E-state index in [0.717, 1.165) is 44.0 Å². The summed E-state index contributed by atoms with van der Waals surface area (Å²) in [6.07, 6.45) is 4.52. The summed E-state index contributed by atoms with van der Waals surface area (Å²) in [5.41, 5.74) is 3.90. The quantitative estimate of drug-likeness (QED) is 0.527. The van der Waals surface area contributed by atoms with Crippen LogP contribution in [0.2, 0.25) is 0 Å². The Morgan fingerprint density at radius 3 is 2.07 bits per heavy atom. The standard InChI is InChI=1S/C26H29N3/c1-4-12-22(13-5-1)14-10-11-19-29-25(20-23-15-6-2-7-16-23)21-27-26(29)28-24-17-8-3-9-18-24/h1-9,12-13,15-18,25H,10-11,14,19-21H2,(H,27,28)/t25-/m0/s1. The molecule has 0 fully saturated rings. The molecule has 0 aromatic heterocycles. The maximum atomic E-state index is 4.86. The number of anilines is 1. The van der Waals surface area contributed by atoms with Gasteiger partial charge in [0.1, 0.15) is 0 Å². The number of hydrogen-bond donors (Lipinski definition) is 1. The second-order valence-corrected chi connectivity index (χ2v) is 7.63. The van der Waals surface area contributed by atoms with Gasteiger partial charge < -0.3 is 10.2 Å². The Hall–Kier alpha value is -3.07. The average Bonchev–Trinajstić information content (AvgIpc) is 3.14. The van der Waals surface area contributed by atoms with Crippen molar-refractivity contribution in [2.45, 2.75) is 31.7 Å². The lowest BCUT2D eigenvalue weighted by Crippen LogP contribution is -2.41. The van der Waals surface area contributed by atoms with Gasteiger partial charge in [0.05, 0.1) is 12.6 Å². The van der Waals surface area contributed by atoms with Gasteiger partial charge in [-0.1, -0.05) is 78.9 Å². The summed E-state index contributed by atoms with van der Waals surface area (Å²) >= 11 is 0. The van der Waals surface area contributed by atoms with E-state index < -0.39 is 0 Å². The van der Waals surface area contributed by atoms with E-state index in [1.54, 1.807) is 0 Å². The van der Waals surface area contributed by atoms with Crippen LogP contribution >= 0.6 is 0 Å². The number of aryl methyl sites for hydroxylation is 1. The average molecular weight is 384 g/mol. The molecule has 0 saturated carbocycles. The lowest BCUT2D eigenvalue weighted by Gasteiger charge is -2.28. The van der Waals surface area contributed by atoms with Gasteiger partial charge in [0.2, 0.25) is 0 Å². The molecule has 3 nitrogen and oxygen atoms in total. The number of aliphatic imine (C=N–C) groups is 1. The van der Waals surface area contributed by atoms with Crippen LogP contribution in [0.3, 0.4) is 0 Å². The Bertz CT molecular complexity index is 891. The van der Waals surface area contributed by atoms with Crippen molar-refractivity contribution in [1.29, 1.82) is 0 Å². The molecule has 0 amide bonds. The predicted molar refractivity (Wildman–Crippen MR) is 122 cm³/mol. The molecule has 0 bridgehead atoms. The Labute approximate surface area is 174 Å². The summed E-state index contributed by atoms with van der Waals surface area (Å²) in [7, 11) is 0. The molecular formula is C26H29N3. The van der Waals surface area contributed by atoms with E-state index in [0.29, 0.717) is 6.04 Å². The molecule has 4 rings (SSSR count). The first kappa shape index (κ1) is 19.3. The number of nitrogens with one attached hydrogen (secondary N) is 1. The van der Waals surface area contributed by atoms with E-state index in [1.165, 1.54) is 17.5 Å². The van der Waals surface area contributed by atoms with Crippen molar-refractivity contribution in [1.82, 2.24) is 4.90 Å². The molecule has 0 saturated heterocycles. The monoisotopic (exact) mass is 383 g/mol. The van der Waals surface area contributed by atoms with Crippen molar-refractivity contribution in [3.8, 4) is 0 Å². The molecule has 1 aliphatic heterocycles. The van der Waals surface area contributed by atoms with Crippen LogP contribution in [-0.4, -0.2) is 30.0 Å². The summed E-state index contributed by atoms with van der Waals surface area (Å²) < 4.78 is 0. The molecule has 29 heavy (non-hydrogen) atoms. The summed E-state index contributed by atoms with van der Waals surface area (Å²) in [5, 5.41) is 3.54. The van der Waals surface area contributed by atoms with E-state index in [4.69, 9.17) is 4.99 Å². The fourth-order valence-corrected chi connectivity index (χ4v) is 3.92. The first-order valence-electron chi connectivity index (χ1n) is 10.6. The second-order valence-electron chi connectivity index (χ2n) is 7.63. The zero-order chi connectivity index (χ0) is 19.7. The SMILES string of the molecule is c1ccc(CCCCN2C(Nc3ccccc3)=NC[C@@H]2Cc2ccccc2)cc1. The Balaban J connectivity index is 1.38. The first-order valence-corrected chi connectivity index (χ1v) is 10.6. The summed E-state index contributed by atoms with van der Waals surface area (Å²) in [6, 6.07) is 32.3. The van der Waals surface area contributed by atoms with Gasteiger partial charge in [-0.25, -0.2) is 0 Å². The summed E-state index contributed by atoms with van der Waals surface area (Å²) in [5.74, 6) is 1.01. The molecule has 0 unspecified atom stereocenters. The fourth-order valence-electron chi connectivity index (χ4n) is 3.92.